The van der Waals surface area contributed by atoms with Crippen molar-refractivity contribution in [3.63, 3.8) is 0 Å². The quantitative estimate of drug-likeness (QED) is 0.779. The molecule has 0 spiro atoms. The zero-order valence-electron chi connectivity index (χ0n) is 16.3. The lowest BCUT2D eigenvalue weighted by Gasteiger charge is -2.31. The fraction of sp³-hybridized carbons (Fsp3) is 0.650. The Morgan fingerprint density at radius 3 is 2.44 bits per heavy atom. The first kappa shape index (κ1) is 18.4. The number of imidazole rings is 1. The number of hydrogen-bond acceptors (Lipinski definition) is 6. The molecule has 7 nitrogen and oxygen atoms in total. The molecule has 27 heavy (non-hydrogen) atoms. The van der Waals surface area contributed by atoms with Crippen LogP contribution >= 0.6 is 0 Å². The maximum atomic E-state index is 5.41. The molecule has 2 aromatic heterocycles. The third-order valence-corrected chi connectivity index (χ3v) is 5.68. The number of nitrogens with zero attached hydrogens (tertiary/aromatic N) is 6. The lowest BCUT2D eigenvalue weighted by molar-refractivity contribution is 0.122. The van der Waals surface area contributed by atoms with Gasteiger partial charge in [-0.2, -0.15) is 0 Å². The van der Waals surface area contributed by atoms with Crippen molar-refractivity contribution in [3.8, 4) is 11.3 Å². The second-order valence-electron chi connectivity index (χ2n) is 7.48. The summed E-state index contributed by atoms with van der Waals surface area (Å²) >= 11 is 0. The molecule has 2 fully saturated rings. The molecule has 4 rings (SSSR count). The van der Waals surface area contributed by atoms with Gasteiger partial charge in [-0.15, -0.1) is 0 Å². The molecule has 2 aliphatic rings. The molecule has 2 aromatic rings. The van der Waals surface area contributed by atoms with Crippen LogP contribution in [0.15, 0.2) is 24.9 Å². The van der Waals surface area contributed by atoms with Crippen molar-refractivity contribution in [1.29, 1.82) is 0 Å². The zero-order valence-corrected chi connectivity index (χ0v) is 16.3. The van der Waals surface area contributed by atoms with Gasteiger partial charge in [0.2, 0.25) is 5.95 Å². The molecule has 2 saturated heterocycles. The van der Waals surface area contributed by atoms with E-state index in [1.807, 2.05) is 24.9 Å². The topological polar surface area (TPSA) is 59.3 Å². The number of piperidine rings is 1. The molecule has 7 heteroatoms. The summed E-state index contributed by atoms with van der Waals surface area (Å²) in [5, 5.41) is 0. The van der Waals surface area contributed by atoms with Crippen LogP contribution in [-0.4, -0.2) is 70.4 Å². The van der Waals surface area contributed by atoms with Crippen LogP contribution in [0.25, 0.3) is 11.3 Å². The molecule has 146 valence electrons. The number of anilines is 1. The first-order valence-electron chi connectivity index (χ1n) is 10.2. The highest BCUT2D eigenvalue weighted by molar-refractivity contribution is 5.57. The van der Waals surface area contributed by atoms with Gasteiger partial charge in [-0.25, -0.2) is 15.0 Å². The lowest BCUT2D eigenvalue weighted by atomic mass is 10.1. The van der Waals surface area contributed by atoms with E-state index in [0.29, 0.717) is 6.04 Å². The van der Waals surface area contributed by atoms with E-state index in [0.717, 1.165) is 56.5 Å². The molecule has 0 radical (unpaired) electrons. The summed E-state index contributed by atoms with van der Waals surface area (Å²) < 4.78 is 7.72. The average Bonchev–Trinajstić information content (AvgIpc) is 3.23. The van der Waals surface area contributed by atoms with Gasteiger partial charge in [0.15, 0.2) is 0 Å². The molecule has 0 bridgehead atoms. The first-order valence-corrected chi connectivity index (χ1v) is 10.2. The minimum Gasteiger partial charge on any atom is -0.378 e. The molecule has 1 atom stereocenters. The van der Waals surface area contributed by atoms with Crippen LogP contribution in [0, 0.1) is 0 Å². The number of aromatic nitrogens is 4. The molecule has 0 aromatic carbocycles. The fourth-order valence-electron chi connectivity index (χ4n) is 4.05. The van der Waals surface area contributed by atoms with Crippen molar-refractivity contribution in [2.75, 3.05) is 50.8 Å². The molecular weight excluding hydrogens is 340 g/mol. The summed E-state index contributed by atoms with van der Waals surface area (Å²) in [7, 11) is 0. The summed E-state index contributed by atoms with van der Waals surface area (Å²) in [4.78, 5) is 18.4. The summed E-state index contributed by atoms with van der Waals surface area (Å²) in [6.07, 6.45) is 12.9. The number of hydrogen-bond donors (Lipinski definition) is 0. The Hall–Kier alpha value is -1.99. The van der Waals surface area contributed by atoms with E-state index >= 15 is 0 Å². The highest BCUT2D eigenvalue weighted by Gasteiger charge is 2.20. The Bertz CT molecular complexity index is 704. The van der Waals surface area contributed by atoms with E-state index in [4.69, 9.17) is 4.74 Å². The van der Waals surface area contributed by atoms with E-state index in [-0.39, 0.29) is 0 Å². The number of morpholine rings is 1. The van der Waals surface area contributed by atoms with Crippen LogP contribution in [0.1, 0.15) is 38.6 Å². The molecule has 0 unspecified atom stereocenters. The third kappa shape index (κ3) is 4.30. The number of rotatable bonds is 6. The van der Waals surface area contributed by atoms with E-state index in [9.17, 15) is 0 Å². The van der Waals surface area contributed by atoms with Crippen LogP contribution in [0.3, 0.4) is 0 Å². The monoisotopic (exact) mass is 370 g/mol. The van der Waals surface area contributed by atoms with Crippen molar-refractivity contribution in [2.45, 2.75) is 38.6 Å². The van der Waals surface area contributed by atoms with Crippen LogP contribution in [0.5, 0.6) is 0 Å². The van der Waals surface area contributed by atoms with Gasteiger partial charge in [0.1, 0.15) is 0 Å². The summed E-state index contributed by atoms with van der Waals surface area (Å²) in [5.74, 6) is 0.786. The molecule has 0 aliphatic carbocycles. The Morgan fingerprint density at radius 1 is 1.00 bits per heavy atom. The van der Waals surface area contributed by atoms with Gasteiger partial charge >= 0.3 is 0 Å². The predicted octanol–water partition coefficient (Wildman–Crippen LogP) is 2.61. The number of likely N-dealkylation sites (tertiary alicyclic amines) is 1. The number of ether oxygens (including phenoxy) is 1. The second kappa shape index (κ2) is 8.80. The van der Waals surface area contributed by atoms with Gasteiger partial charge in [0, 0.05) is 43.6 Å². The Labute approximate surface area is 161 Å². The summed E-state index contributed by atoms with van der Waals surface area (Å²) in [6, 6.07) is 0.430. The highest BCUT2D eigenvalue weighted by atomic mass is 16.5. The SMILES string of the molecule is CC[C@H](CN1CCCCC1)n1cncc1-c1cnc(N2CCOCC2)nc1. The van der Waals surface area contributed by atoms with Crippen molar-refractivity contribution in [1.82, 2.24) is 24.4 Å². The van der Waals surface area contributed by atoms with Crippen molar-refractivity contribution in [3.05, 3.63) is 24.9 Å². The van der Waals surface area contributed by atoms with Crippen molar-refractivity contribution in [2.24, 2.45) is 0 Å². The van der Waals surface area contributed by atoms with Gasteiger partial charge in [0.05, 0.1) is 31.4 Å². The van der Waals surface area contributed by atoms with Gasteiger partial charge < -0.3 is 19.1 Å². The molecular formula is C20H30N6O. The molecule has 2 aliphatic heterocycles. The standard InChI is InChI=1S/C20H30N6O/c1-2-18(15-24-6-4-3-5-7-24)26-16-21-14-19(26)17-12-22-20(23-13-17)25-8-10-27-11-9-25/h12-14,16,18H,2-11,15H2,1H3/t18-/m1/s1. The zero-order chi connectivity index (χ0) is 18.5. The van der Waals surface area contributed by atoms with Gasteiger partial charge in [0.25, 0.3) is 0 Å². The lowest BCUT2D eigenvalue weighted by Crippen LogP contribution is -2.37. The summed E-state index contributed by atoms with van der Waals surface area (Å²) in [5.41, 5.74) is 2.13. The normalized spacial score (nSPS) is 20.0. The van der Waals surface area contributed by atoms with Crippen LogP contribution in [-0.2, 0) is 4.74 Å². The maximum absolute atomic E-state index is 5.41. The van der Waals surface area contributed by atoms with E-state index in [1.165, 1.54) is 32.4 Å². The molecule has 4 heterocycles. The van der Waals surface area contributed by atoms with Crippen LogP contribution in [0.4, 0.5) is 5.95 Å². The van der Waals surface area contributed by atoms with Gasteiger partial charge in [-0.05, 0) is 32.4 Å². The Balaban J connectivity index is 1.50. The first-order chi connectivity index (χ1) is 13.3. The Morgan fingerprint density at radius 2 is 1.74 bits per heavy atom. The maximum Gasteiger partial charge on any atom is 0.225 e. The van der Waals surface area contributed by atoms with Gasteiger partial charge in [-0.1, -0.05) is 13.3 Å². The van der Waals surface area contributed by atoms with Gasteiger partial charge in [-0.3, -0.25) is 0 Å². The van der Waals surface area contributed by atoms with E-state index in [1.54, 1.807) is 0 Å². The molecule has 0 N–H and O–H groups in total. The fourth-order valence-corrected chi connectivity index (χ4v) is 4.05. The van der Waals surface area contributed by atoms with E-state index < -0.39 is 0 Å². The van der Waals surface area contributed by atoms with E-state index in [2.05, 4.69) is 36.2 Å². The smallest absolute Gasteiger partial charge is 0.225 e. The summed E-state index contributed by atoms with van der Waals surface area (Å²) in [6.45, 7) is 8.98. The molecule has 0 saturated carbocycles. The van der Waals surface area contributed by atoms with Crippen molar-refractivity contribution >= 4 is 5.95 Å². The molecule has 0 amide bonds. The minimum atomic E-state index is 0.430. The largest absolute Gasteiger partial charge is 0.378 e. The average molecular weight is 371 g/mol. The second-order valence-corrected chi connectivity index (χ2v) is 7.48. The highest BCUT2D eigenvalue weighted by Crippen LogP contribution is 2.25. The Kier molecular flexibility index (Phi) is 5.99. The van der Waals surface area contributed by atoms with Crippen LogP contribution in [0.2, 0.25) is 0 Å². The third-order valence-electron chi connectivity index (χ3n) is 5.68. The van der Waals surface area contributed by atoms with Crippen LogP contribution < -0.4 is 4.90 Å². The van der Waals surface area contributed by atoms with Crippen molar-refractivity contribution < 1.29 is 4.74 Å². The minimum absolute atomic E-state index is 0.430. The predicted molar refractivity (Wildman–Crippen MR) is 106 cm³/mol.